The third kappa shape index (κ3) is 15.9. The molecule has 8 aliphatic heterocycles. The van der Waals surface area contributed by atoms with Gasteiger partial charge in [-0.1, -0.05) is 243 Å². The fourth-order valence-corrected chi connectivity index (χ4v) is 14.8. The van der Waals surface area contributed by atoms with Crippen molar-refractivity contribution in [3.63, 3.8) is 0 Å². The van der Waals surface area contributed by atoms with Crippen LogP contribution in [0.25, 0.3) is 0 Å². The number of thiol groups is 1. The number of aliphatic hydroxyl groups is 1. The quantitative estimate of drug-likeness (QED) is 0.0607. The molecule has 0 radical (unpaired) electrons. The number of aliphatic hydroxyl groups excluding tert-OH is 1. The van der Waals surface area contributed by atoms with Crippen LogP contribution in [-0.4, -0.2) is 154 Å². The standard InChI is InChI=1S/C80H82O20S/c81-61-66(82-41-49-25-9-1-10-26-49)62-57(45-86-73(94-62)53-33-17-5-18-34-53)90-77(61)98-70-67(83-42-50-27-11-2-12-28-50)63-58(46-87-74(95-63)54-35-19-6-20-36-54)91-78(70)99-71-68(84-43-51-29-13-3-14-30-51)64-59(47-88-75(96-64)55-37-21-7-22-38-55)92-79(71)100-72-69(85-44-52-31-15-4-16-32-52)65-60(93-80(72)101)48-89-76(97-65)56-39-23-8-24-40-56/h1-40,57-81,101H,41-48H2/t57-,58-,59-,60-,61+,62-,63-,64-,65-,66-,67+,68+,69+,70+,71+,72+,73?,74?,75?,76?,77+,78+,79+,80-/m1/s1. The Bertz CT molecular complexity index is 3820. The number of fused-ring (bicyclic) bond motifs is 4. The van der Waals surface area contributed by atoms with Crippen molar-refractivity contribution in [2.45, 2.75) is 174 Å². The second-order valence-corrected chi connectivity index (χ2v) is 26.7. The molecule has 0 amide bonds. The van der Waals surface area contributed by atoms with Crippen LogP contribution in [0.5, 0.6) is 0 Å². The zero-order valence-corrected chi connectivity index (χ0v) is 56.2. The van der Waals surface area contributed by atoms with E-state index in [1.807, 2.05) is 243 Å². The summed E-state index contributed by atoms with van der Waals surface area (Å²) >= 11 is 5.20. The summed E-state index contributed by atoms with van der Waals surface area (Å²) in [7, 11) is 0. The summed E-state index contributed by atoms with van der Waals surface area (Å²) in [6.45, 7) is 0.781. The molecule has 16 rings (SSSR count). The molecule has 8 aromatic rings. The fourth-order valence-electron chi connectivity index (χ4n) is 14.4. The molecular formula is C80H82O20S. The molecule has 1 N–H and O–H groups in total. The predicted molar refractivity (Wildman–Crippen MR) is 364 cm³/mol. The Labute approximate surface area is 592 Å². The van der Waals surface area contributed by atoms with E-state index >= 15 is 0 Å². The Morgan fingerprint density at radius 2 is 0.525 bits per heavy atom. The van der Waals surface area contributed by atoms with Gasteiger partial charge in [-0.05, 0) is 22.3 Å². The van der Waals surface area contributed by atoms with Crippen LogP contribution < -0.4 is 0 Å². The van der Waals surface area contributed by atoms with Crippen molar-refractivity contribution in [1.29, 1.82) is 0 Å². The van der Waals surface area contributed by atoms with E-state index in [4.69, 9.17) is 103 Å². The third-order valence-corrected chi connectivity index (χ3v) is 19.9. The van der Waals surface area contributed by atoms with E-state index in [0.29, 0.717) is 0 Å². The van der Waals surface area contributed by atoms with Gasteiger partial charge in [0.05, 0.1) is 52.9 Å². The molecule has 8 heterocycles. The maximum atomic E-state index is 13.2. The van der Waals surface area contributed by atoms with Crippen LogP contribution in [0.3, 0.4) is 0 Å². The van der Waals surface area contributed by atoms with Crippen LogP contribution in [0.1, 0.15) is 69.7 Å². The molecular weight excluding hydrogens is 1310 g/mol. The lowest BCUT2D eigenvalue weighted by Crippen LogP contribution is -2.70. The van der Waals surface area contributed by atoms with Gasteiger partial charge < -0.3 is 95.1 Å². The van der Waals surface area contributed by atoms with Crippen molar-refractivity contribution in [2.75, 3.05) is 26.4 Å². The van der Waals surface area contributed by atoms with Crippen LogP contribution in [0.4, 0.5) is 0 Å². The van der Waals surface area contributed by atoms with Gasteiger partial charge >= 0.3 is 0 Å². The van der Waals surface area contributed by atoms with Crippen molar-refractivity contribution in [3.8, 4) is 0 Å². The van der Waals surface area contributed by atoms with Crippen LogP contribution >= 0.6 is 12.6 Å². The third-order valence-electron chi connectivity index (χ3n) is 19.5. The van der Waals surface area contributed by atoms with Gasteiger partial charge in [-0.3, -0.25) is 0 Å². The average molecular weight is 1400 g/mol. The molecule has 0 spiro atoms. The van der Waals surface area contributed by atoms with Crippen LogP contribution in [-0.2, 0) is 116 Å². The number of ether oxygens (including phenoxy) is 19. The van der Waals surface area contributed by atoms with Gasteiger partial charge in [0.25, 0.3) is 0 Å². The van der Waals surface area contributed by atoms with Gasteiger partial charge in [0.2, 0.25) is 0 Å². The predicted octanol–water partition coefficient (Wildman–Crippen LogP) is 11.1. The Morgan fingerprint density at radius 3 is 0.851 bits per heavy atom. The summed E-state index contributed by atoms with van der Waals surface area (Å²) < 4.78 is 134. The van der Waals surface area contributed by atoms with Crippen LogP contribution in [0.2, 0.25) is 0 Å². The van der Waals surface area contributed by atoms with Gasteiger partial charge in [0.15, 0.2) is 44.0 Å². The SMILES string of the molecule is O[C@@H]1[C@H](O[C@@H]2[C@H](O[C@@H]3[C@H](O[C@H]4[C@@H](OCc5ccccc5)[C@@H]5OC(c6ccccc6)OC[C@H]5O[C@@H]4S)O[C@@H]4COC(c5ccccc5)O[C@H]4[C@@H]3OCc3ccccc3)O[C@@H]3COC(c4ccccc4)O[C@H]3[C@@H]2OCc2ccccc2)O[C@@H]2COC(c3ccccc3)O[C@H]2[C@@H]1OCc1ccccc1. The molecule has 8 saturated heterocycles. The van der Waals surface area contributed by atoms with Crippen LogP contribution in [0.15, 0.2) is 243 Å². The molecule has 528 valence electrons. The minimum atomic E-state index is -1.51. The molecule has 0 bridgehead atoms. The first kappa shape index (κ1) is 68.7. The molecule has 8 aliphatic rings. The Kier molecular flexibility index (Phi) is 22.1. The van der Waals surface area contributed by atoms with Gasteiger partial charge in [-0.25, -0.2) is 0 Å². The molecule has 20 nitrogen and oxygen atoms in total. The molecule has 24 atom stereocenters. The van der Waals surface area contributed by atoms with E-state index in [9.17, 15) is 5.11 Å². The minimum Gasteiger partial charge on any atom is -0.385 e. The first-order valence-corrected chi connectivity index (χ1v) is 35.2. The Morgan fingerprint density at radius 1 is 0.277 bits per heavy atom. The minimum absolute atomic E-state index is 0.0251. The Hall–Kier alpha value is -6.69. The summed E-state index contributed by atoms with van der Waals surface area (Å²) in [6, 6.07) is 78.0. The van der Waals surface area contributed by atoms with Gasteiger partial charge in [-0.15, -0.1) is 12.6 Å². The highest BCUT2D eigenvalue weighted by Gasteiger charge is 2.61. The van der Waals surface area contributed by atoms with Crippen molar-refractivity contribution in [3.05, 3.63) is 287 Å². The maximum absolute atomic E-state index is 13.2. The van der Waals surface area contributed by atoms with E-state index in [2.05, 4.69) is 0 Å². The lowest BCUT2D eigenvalue weighted by atomic mass is 9.94. The maximum Gasteiger partial charge on any atom is 0.187 e. The molecule has 101 heavy (non-hydrogen) atoms. The van der Waals surface area contributed by atoms with Crippen molar-refractivity contribution in [2.24, 2.45) is 0 Å². The molecule has 8 aromatic carbocycles. The molecule has 0 aromatic heterocycles. The highest BCUT2D eigenvalue weighted by molar-refractivity contribution is 7.80. The van der Waals surface area contributed by atoms with Crippen molar-refractivity contribution < 1.29 is 95.1 Å². The first-order chi connectivity index (χ1) is 49.9. The molecule has 21 heteroatoms. The van der Waals surface area contributed by atoms with E-state index in [-0.39, 0.29) is 52.9 Å². The number of benzene rings is 8. The van der Waals surface area contributed by atoms with Gasteiger partial charge in [-0.2, -0.15) is 0 Å². The number of hydrogen-bond donors (Lipinski definition) is 2. The summed E-state index contributed by atoms with van der Waals surface area (Å²) in [5.41, 5.74) is 5.73. The lowest BCUT2D eigenvalue weighted by molar-refractivity contribution is -0.434. The van der Waals surface area contributed by atoms with Crippen molar-refractivity contribution >= 4 is 12.6 Å². The second-order valence-electron chi connectivity index (χ2n) is 26.2. The van der Waals surface area contributed by atoms with E-state index in [1.165, 1.54) is 0 Å². The number of hydrogen-bond acceptors (Lipinski definition) is 21. The molecule has 8 fully saturated rings. The zero-order valence-electron chi connectivity index (χ0n) is 55.3. The van der Waals surface area contributed by atoms with E-state index in [1.54, 1.807) is 0 Å². The monoisotopic (exact) mass is 1390 g/mol. The summed E-state index contributed by atoms with van der Waals surface area (Å²) in [4.78, 5) is 0. The van der Waals surface area contributed by atoms with Gasteiger partial charge in [0.1, 0.15) is 103 Å². The summed E-state index contributed by atoms with van der Waals surface area (Å²) in [5, 5.41) is 13.2. The second kappa shape index (κ2) is 32.5. The van der Waals surface area contributed by atoms with Gasteiger partial charge in [0, 0.05) is 22.3 Å². The average Bonchev–Trinajstić information content (AvgIpc) is 0.751. The highest BCUT2D eigenvalue weighted by atomic mass is 32.1. The summed E-state index contributed by atoms with van der Waals surface area (Å²) in [5.74, 6) is 0. The highest BCUT2D eigenvalue weighted by Crippen LogP contribution is 2.46. The number of rotatable bonds is 22. The van der Waals surface area contributed by atoms with E-state index < -0.39 is 147 Å². The normalized spacial score (nSPS) is 35.4. The molecule has 4 unspecified atom stereocenters. The van der Waals surface area contributed by atoms with Crippen molar-refractivity contribution in [1.82, 2.24) is 0 Å². The first-order valence-electron chi connectivity index (χ1n) is 34.7. The van der Waals surface area contributed by atoms with E-state index in [0.717, 1.165) is 44.5 Å². The fraction of sp³-hybridized carbons (Fsp3) is 0.400. The lowest BCUT2D eigenvalue weighted by Gasteiger charge is -2.54. The smallest absolute Gasteiger partial charge is 0.187 e. The zero-order chi connectivity index (χ0) is 67.9. The Balaban J connectivity index is 0.800. The topological polar surface area (TPSA) is 196 Å². The van der Waals surface area contributed by atoms with Crippen LogP contribution in [0, 0.1) is 0 Å². The molecule has 0 saturated carbocycles. The largest absolute Gasteiger partial charge is 0.385 e. The summed E-state index contributed by atoms with van der Waals surface area (Å²) in [6.07, 6.45) is -23.3. The molecule has 0 aliphatic carbocycles.